The summed E-state index contributed by atoms with van der Waals surface area (Å²) in [7, 11) is -2.98. The number of hydrogen-bond donors (Lipinski definition) is 1. The maximum absolute atomic E-state index is 12.2. The van der Waals surface area contributed by atoms with E-state index in [0.29, 0.717) is 25.1 Å². The Labute approximate surface area is 119 Å². The second kappa shape index (κ2) is 5.83. The Morgan fingerprint density at radius 2 is 2.00 bits per heavy atom. The second-order valence-corrected chi connectivity index (χ2v) is 7.52. The van der Waals surface area contributed by atoms with Crippen molar-refractivity contribution in [2.24, 2.45) is 0 Å². The number of carbonyl (C=O) groups is 1. The van der Waals surface area contributed by atoms with Gasteiger partial charge < -0.3 is 10.6 Å². The molecule has 1 aliphatic heterocycles. The summed E-state index contributed by atoms with van der Waals surface area (Å²) in [6.07, 6.45) is 1.05. The number of anilines is 1. The molecule has 2 rings (SSSR count). The molecule has 0 aromatic heterocycles. The maximum atomic E-state index is 12.2. The Balaban J connectivity index is 1.90. The first-order valence-corrected chi connectivity index (χ1v) is 8.54. The summed E-state index contributed by atoms with van der Waals surface area (Å²) in [6, 6.07) is 7.22. The van der Waals surface area contributed by atoms with Gasteiger partial charge in [0, 0.05) is 24.7 Å². The van der Waals surface area contributed by atoms with E-state index in [0.717, 1.165) is 5.56 Å². The minimum atomic E-state index is -2.98. The number of nitrogens with two attached hydrogens (primary N) is 1. The average Bonchev–Trinajstić information content (AvgIpc) is 2.36. The lowest BCUT2D eigenvalue weighted by atomic mass is 10.1. The minimum absolute atomic E-state index is 0.0178. The normalized spacial score (nSPS) is 21.6. The SMILES string of the molecule is CC1CS(=O)(=O)CCN1C(=O)CCc1ccc(N)cc1. The second-order valence-electron chi connectivity index (χ2n) is 5.29. The van der Waals surface area contributed by atoms with Crippen molar-refractivity contribution >= 4 is 21.4 Å². The third-order valence-electron chi connectivity index (χ3n) is 3.60. The molecule has 0 radical (unpaired) electrons. The van der Waals surface area contributed by atoms with Crippen LogP contribution in [0.3, 0.4) is 0 Å². The van der Waals surface area contributed by atoms with Gasteiger partial charge in [-0.25, -0.2) is 8.42 Å². The number of rotatable bonds is 3. The highest BCUT2D eigenvalue weighted by atomic mass is 32.2. The molecule has 1 amide bonds. The van der Waals surface area contributed by atoms with Crippen molar-refractivity contribution in [2.75, 3.05) is 23.8 Å². The van der Waals surface area contributed by atoms with Crippen LogP contribution < -0.4 is 5.73 Å². The molecule has 1 aliphatic rings. The molecular formula is C14H20N2O3S. The zero-order valence-corrected chi connectivity index (χ0v) is 12.4. The van der Waals surface area contributed by atoms with Crippen LogP contribution >= 0.6 is 0 Å². The van der Waals surface area contributed by atoms with Crippen molar-refractivity contribution in [3.05, 3.63) is 29.8 Å². The summed E-state index contributed by atoms with van der Waals surface area (Å²) in [5, 5.41) is 0. The van der Waals surface area contributed by atoms with Crippen LogP contribution in [0, 0.1) is 0 Å². The van der Waals surface area contributed by atoms with Gasteiger partial charge in [0.25, 0.3) is 0 Å². The average molecular weight is 296 g/mol. The molecule has 1 heterocycles. The van der Waals surface area contributed by atoms with Crippen LogP contribution in [-0.2, 0) is 21.1 Å². The van der Waals surface area contributed by atoms with E-state index in [4.69, 9.17) is 5.73 Å². The van der Waals surface area contributed by atoms with Gasteiger partial charge in [-0.15, -0.1) is 0 Å². The van der Waals surface area contributed by atoms with E-state index < -0.39 is 9.84 Å². The zero-order chi connectivity index (χ0) is 14.8. The fourth-order valence-corrected chi connectivity index (χ4v) is 4.00. The van der Waals surface area contributed by atoms with Crippen LogP contribution in [0.2, 0.25) is 0 Å². The van der Waals surface area contributed by atoms with Gasteiger partial charge in [0.2, 0.25) is 5.91 Å². The molecule has 0 aliphatic carbocycles. The Kier molecular flexibility index (Phi) is 4.32. The summed E-state index contributed by atoms with van der Waals surface area (Å²) in [5.74, 6) is 0.162. The Morgan fingerprint density at radius 3 is 2.60 bits per heavy atom. The van der Waals surface area contributed by atoms with Crippen molar-refractivity contribution in [3.8, 4) is 0 Å². The molecule has 1 aromatic carbocycles. The predicted octanol–water partition coefficient (Wildman–Crippen LogP) is 0.847. The first kappa shape index (κ1) is 14.8. The monoisotopic (exact) mass is 296 g/mol. The largest absolute Gasteiger partial charge is 0.399 e. The molecule has 6 heteroatoms. The van der Waals surface area contributed by atoms with E-state index in [1.54, 1.807) is 11.8 Å². The summed E-state index contributed by atoms with van der Waals surface area (Å²) < 4.78 is 23.0. The van der Waals surface area contributed by atoms with Crippen molar-refractivity contribution in [3.63, 3.8) is 0 Å². The third kappa shape index (κ3) is 3.72. The number of benzene rings is 1. The highest BCUT2D eigenvalue weighted by molar-refractivity contribution is 7.91. The fraction of sp³-hybridized carbons (Fsp3) is 0.500. The topological polar surface area (TPSA) is 80.5 Å². The number of carbonyl (C=O) groups excluding carboxylic acids is 1. The molecule has 1 fully saturated rings. The van der Waals surface area contributed by atoms with Crippen LogP contribution in [0.4, 0.5) is 5.69 Å². The lowest BCUT2D eigenvalue weighted by Crippen LogP contribution is -2.49. The number of nitrogens with zero attached hydrogens (tertiary/aromatic N) is 1. The van der Waals surface area contributed by atoms with Crippen LogP contribution in [0.25, 0.3) is 0 Å². The fourth-order valence-electron chi connectivity index (χ4n) is 2.45. The first-order chi connectivity index (χ1) is 9.37. The Bertz CT molecular complexity index is 581. The van der Waals surface area contributed by atoms with Gasteiger partial charge >= 0.3 is 0 Å². The first-order valence-electron chi connectivity index (χ1n) is 6.72. The standard InChI is InChI=1S/C14H20N2O3S/c1-11-10-20(18,19)9-8-16(11)14(17)7-4-12-2-5-13(15)6-3-12/h2-3,5-6,11H,4,7-10,15H2,1H3. The molecule has 0 bridgehead atoms. The zero-order valence-electron chi connectivity index (χ0n) is 11.6. The predicted molar refractivity (Wildman–Crippen MR) is 79.0 cm³/mol. The van der Waals surface area contributed by atoms with Crippen molar-refractivity contribution < 1.29 is 13.2 Å². The molecule has 20 heavy (non-hydrogen) atoms. The van der Waals surface area contributed by atoms with E-state index in [9.17, 15) is 13.2 Å². The van der Waals surface area contributed by atoms with Gasteiger partial charge in [-0.3, -0.25) is 4.79 Å². The smallest absolute Gasteiger partial charge is 0.223 e. The molecule has 1 aromatic rings. The van der Waals surface area contributed by atoms with E-state index >= 15 is 0 Å². The number of nitrogen functional groups attached to an aromatic ring is 1. The van der Waals surface area contributed by atoms with Crippen LogP contribution in [-0.4, -0.2) is 43.3 Å². The molecule has 1 saturated heterocycles. The molecule has 1 unspecified atom stereocenters. The molecule has 5 nitrogen and oxygen atoms in total. The lowest BCUT2D eigenvalue weighted by Gasteiger charge is -2.33. The van der Waals surface area contributed by atoms with Gasteiger partial charge in [-0.1, -0.05) is 12.1 Å². The number of amides is 1. The van der Waals surface area contributed by atoms with Gasteiger partial charge in [0.05, 0.1) is 11.5 Å². The van der Waals surface area contributed by atoms with E-state index in [1.165, 1.54) is 0 Å². The van der Waals surface area contributed by atoms with Crippen LogP contribution in [0.5, 0.6) is 0 Å². The van der Waals surface area contributed by atoms with E-state index in [2.05, 4.69) is 0 Å². The Morgan fingerprint density at radius 1 is 1.35 bits per heavy atom. The molecule has 0 saturated carbocycles. The molecule has 0 spiro atoms. The highest BCUT2D eigenvalue weighted by Gasteiger charge is 2.30. The van der Waals surface area contributed by atoms with Crippen molar-refractivity contribution in [1.82, 2.24) is 4.90 Å². The van der Waals surface area contributed by atoms with E-state index in [-0.39, 0.29) is 23.5 Å². The quantitative estimate of drug-likeness (QED) is 0.838. The van der Waals surface area contributed by atoms with Crippen molar-refractivity contribution in [2.45, 2.75) is 25.8 Å². The Hall–Kier alpha value is -1.56. The summed E-state index contributed by atoms with van der Waals surface area (Å²) in [4.78, 5) is 13.8. The number of sulfone groups is 1. The lowest BCUT2D eigenvalue weighted by molar-refractivity contribution is -0.132. The maximum Gasteiger partial charge on any atom is 0.223 e. The summed E-state index contributed by atoms with van der Waals surface area (Å²) in [5.41, 5.74) is 7.37. The molecule has 2 N–H and O–H groups in total. The van der Waals surface area contributed by atoms with Crippen LogP contribution in [0.15, 0.2) is 24.3 Å². The van der Waals surface area contributed by atoms with E-state index in [1.807, 2.05) is 24.3 Å². The van der Waals surface area contributed by atoms with Gasteiger partial charge in [0.1, 0.15) is 0 Å². The third-order valence-corrected chi connectivity index (χ3v) is 5.39. The highest BCUT2D eigenvalue weighted by Crippen LogP contribution is 2.14. The molecule has 1 atom stereocenters. The number of aryl methyl sites for hydroxylation is 1. The van der Waals surface area contributed by atoms with Gasteiger partial charge in [0.15, 0.2) is 9.84 Å². The molecular weight excluding hydrogens is 276 g/mol. The summed E-state index contributed by atoms with van der Waals surface area (Å²) >= 11 is 0. The summed E-state index contributed by atoms with van der Waals surface area (Å²) in [6.45, 7) is 2.10. The van der Waals surface area contributed by atoms with Gasteiger partial charge in [-0.05, 0) is 31.0 Å². The number of hydrogen-bond acceptors (Lipinski definition) is 4. The minimum Gasteiger partial charge on any atom is -0.399 e. The van der Waals surface area contributed by atoms with Crippen LogP contribution in [0.1, 0.15) is 18.9 Å². The van der Waals surface area contributed by atoms with Gasteiger partial charge in [-0.2, -0.15) is 0 Å². The van der Waals surface area contributed by atoms with Crippen molar-refractivity contribution in [1.29, 1.82) is 0 Å². The molecule has 110 valence electrons.